The monoisotopic (exact) mass is 326 g/mol. The Bertz CT molecular complexity index is 554. The third-order valence-electron chi connectivity index (χ3n) is 3.81. The zero-order valence-electron chi connectivity index (χ0n) is 11.3. The minimum Gasteiger partial charge on any atom is -0.271 e. The van der Waals surface area contributed by atoms with Crippen molar-refractivity contribution < 1.29 is 4.79 Å². The lowest BCUT2D eigenvalue weighted by Gasteiger charge is -2.07. The normalized spacial score (nSPS) is 25.4. The number of nitrogens with zero attached hydrogens (tertiary/aromatic N) is 1. The predicted molar refractivity (Wildman–Crippen MR) is 83.4 cm³/mol. The van der Waals surface area contributed by atoms with Gasteiger partial charge in [0, 0.05) is 11.6 Å². The fraction of sp³-hybridized carbons (Fsp3) is 0.429. The van der Waals surface area contributed by atoms with Crippen LogP contribution in [0.15, 0.2) is 23.3 Å². The van der Waals surface area contributed by atoms with E-state index in [4.69, 9.17) is 23.2 Å². The van der Waals surface area contributed by atoms with Crippen LogP contribution in [0.1, 0.15) is 24.8 Å². The van der Waals surface area contributed by atoms with Gasteiger partial charge in [-0.2, -0.15) is 5.10 Å². The zero-order chi connectivity index (χ0) is 14.8. The molecule has 2 fully saturated rings. The molecule has 0 spiro atoms. The highest BCUT2D eigenvalue weighted by Crippen LogP contribution is 2.35. The second kappa shape index (κ2) is 6.32. The first-order valence-corrected chi connectivity index (χ1v) is 7.68. The molecule has 5 nitrogen and oxygen atoms in total. The van der Waals surface area contributed by atoms with Gasteiger partial charge in [0.25, 0.3) is 5.91 Å². The molecular formula is C14H16Cl2N4O. The fourth-order valence-corrected chi connectivity index (χ4v) is 2.93. The number of amides is 1. The van der Waals surface area contributed by atoms with E-state index in [2.05, 4.69) is 21.4 Å². The summed E-state index contributed by atoms with van der Waals surface area (Å²) >= 11 is 12.0. The highest BCUT2D eigenvalue weighted by atomic mass is 35.5. The van der Waals surface area contributed by atoms with Gasteiger partial charge in [-0.1, -0.05) is 29.3 Å². The number of carbonyl (C=O) groups excluding carboxylic acids is 1. The van der Waals surface area contributed by atoms with Crippen molar-refractivity contribution in [3.63, 3.8) is 0 Å². The summed E-state index contributed by atoms with van der Waals surface area (Å²) in [7, 11) is 0. The third kappa shape index (κ3) is 3.55. The summed E-state index contributed by atoms with van der Waals surface area (Å²) in [6.45, 7) is 0. The Morgan fingerprint density at radius 2 is 2.00 bits per heavy atom. The van der Waals surface area contributed by atoms with E-state index in [-0.39, 0.29) is 11.9 Å². The van der Waals surface area contributed by atoms with Gasteiger partial charge in [0.15, 0.2) is 0 Å². The van der Waals surface area contributed by atoms with Gasteiger partial charge in [0.05, 0.1) is 16.3 Å². The number of hydrogen-bond acceptors (Lipinski definition) is 4. The second-order valence-corrected chi connectivity index (χ2v) is 6.20. The van der Waals surface area contributed by atoms with E-state index < -0.39 is 0 Å². The van der Waals surface area contributed by atoms with Gasteiger partial charge >= 0.3 is 0 Å². The van der Waals surface area contributed by atoms with Gasteiger partial charge in [-0.15, -0.1) is 0 Å². The highest BCUT2D eigenvalue weighted by Gasteiger charge is 2.38. The van der Waals surface area contributed by atoms with Crippen molar-refractivity contribution in [1.29, 1.82) is 0 Å². The molecule has 1 amide bonds. The number of hydrazine groups is 1. The van der Waals surface area contributed by atoms with Crippen LogP contribution in [-0.4, -0.2) is 24.2 Å². The molecule has 3 rings (SSSR count). The summed E-state index contributed by atoms with van der Waals surface area (Å²) < 4.78 is 0. The molecule has 112 valence electrons. The quantitative estimate of drug-likeness (QED) is 0.586. The number of benzene rings is 1. The average Bonchev–Trinajstić information content (AvgIpc) is 3.19. The van der Waals surface area contributed by atoms with Crippen molar-refractivity contribution in [2.24, 2.45) is 11.0 Å². The first-order chi connectivity index (χ1) is 10.1. The molecule has 7 heteroatoms. The number of nitrogens with one attached hydrogen (secondary N) is 3. The number of halogens is 2. The lowest BCUT2D eigenvalue weighted by Crippen LogP contribution is -2.42. The molecule has 3 N–H and O–H groups in total. The van der Waals surface area contributed by atoms with Gasteiger partial charge in [-0.3, -0.25) is 10.2 Å². The molecule has 1 aliphatic carbocycles. The molecular weight excluding hydrogens is 311 g/mol. The summed E-state index contributed by atoms with van der Waals surface area (Å²) in [4.78, 5) is 12.0. The van der Waals surface area contributed by atoms with E-state index in [1.165, 1.54) is 19.1 Å². The number of hydrogen-bond donors (Lipinski definition) is 3. The van der Waals surface area contributed by atoms with Crippen LogP contribution >= 0.6 is 23.2 Å². The van der Waals surface area contributed by atoms with E-state index in [1.807, 2.05) is 0 Å². The molecule has 0 radical (unpaired) electrons. The summed E-state index contributed by atoms with van der Waals surface area (Å²) in [5, 5.41) is 4.92. The molecule has 0 aromatic heterocycles. The number of rotatable bonds is 4. The van der Waals surface area contributed by atoms with Crippen LogP contribution in [-0.2, 0) is 4.79 Å². The Kier molecular flexibility index (Phi) is 4.45. The third-order valence-corrected chi connectivity index (χ3v) is 4.47. The topological polar surface area (TPSA) is 65.5 Å². The van der Waals surface area contributed by atoms with Crippen LogP contribution in [0.3, 0.4) is 0 Å². The van der Waals surface area contributed by atoms with Crippen molar-refractivity contribution in [3.05, 3.63) is 33.8 Å². The predicted octanol–water partition coefficient (Wildman–Crippen LogP) is 2.09. The summed E-state index contributed by atoms with van der Waals surface area (Å²) in [5.41, 5.74) is 9.29. The molecule has 2 atom stereocenters. The van der Waals surface area contributed by atoms with Gasteiger partial charge in [-0.25, -0.2) is 10.9 Å². The van der Waals surface area contributed by atoms with E-state index >= 15 is 0 Å². The molecule has 1 saturated heterocycles. The van der Waals surface area contributed by atoms with Crippen LogP contribution < -0.4 is 16.3 Å². The Hall–Kier alpha value is -1.14. The highest BCUT2D eigenvalue weighted by molar-refractivity contribution is 6.38. The van der Waals surface area contributed by atoms with Crippen molar-refractivity contribution in [2.45, 2.75) is 31.3 Å². The zero-order valence-corrected chi connectivity index (χ0v) is 12.8. The van der Waals surface area contributed by atoms with Crippen LogP contribution in [0.5, 0.6) is 0 Å². The molecule has 0 bridgehead atoms. The van der Waals surface area contributed by atoms with Gasteiger partial charge in [-0.05, 0) is 37.3 Å². The molecule has 2 unspecified atom stereocenters. The van der Waals surface area contributed by atoms with Crippen molar-refractivity contribution in [1.82, 2.24) is 16.3 Å². The lowest BCUT2D eigenvalue weighted by atomic mass is 10.1. The molecule has 1 heterocycles. The second-order valence-electron chi connectivity index (χ2n) is 5.39. The minimum absolute atomic E-state index is 0.162. The van der Waals surface area contributed by atoms with E-state index in [9.17, 15) is 4.79 Å². The summed E-state index contributed by atoms with van der Waals surface area (Å²) in [6.07, 6.45) is 4.75. The molecule has 21 heavy (non-hydrogen) atoms. The Morgan fingerprint density at radius 3 is 2.67 bits per heavy atom. The average molecular weight is 327 g/mol. The first-order valence-electron chi connectivity index (χ1n) is 6.93. The van der Waals surface area contributed by atoms with Crippen molar-refractivity contribution in [3.8, 4) is 0 Å². The van der Waals surface area contributed by atoms with Crippen molar-refractivity contribution in [2.75, 3.05) is 0 Å². The Morgan fingerprint density at radius 1 is 1.29 bits per heavy atom. The standard InChI is InChI=1S/C14H16Cl2N4O/c15-10-2-1-3-11(16)9(10)7-17-20-14(21)13-6-12(18-19-13)8-4-5-8/h1-3,7-8,12-13,18-19H,4-6H2,(H,20,21)/b17-7+. The maximum Gasteiger partial charge on any atom is 0.258 e. The summed E-state index contributed by atoms with van der Waals surface area (Å²) in [5.74, 6) is 0.547. The van der Waals surface area contributed by atoms with Crippen LogP contribution in [0, 0.1) is 5.92 Å². The van der Waals surface area contributed by atoms with Gasteiger partial charge in [0.2, 0.25) is 0 Å². The lowest BCUT2D eigenvalue weighted by molar-refractivity contribution is -0.122. The van der Waals surface area contributed by atoms with Crippen molar-refractivity contribution >= 4 is 35.3 Å². The number of carbonyl (C=O) groups is 1. The molecule has 1 aliphatic heterocycles. The molecule has 1 aromatic rings. The van der Waals surface area contributed by atoms with E-state index in [0.717, 1.165) is 6.42 Å². The molecule has 1 aromatic carbocycles. The molecule has 2 aliphatic rings. The van der Waals surface area contributed by atoms with E-state index in [0.29, 0.717) is 27.6 Å². The fourth-order valence-electron chi connectivity index (χ4n) is 2.43. The number of hydrazone groups is 1. The first kappa shape index (κ1) is 14.8. The largest absolute Gasteiger partial charge is 0.271 e. The SMILES string of the molecule is O=C(N/N=C/c1c(Cl)cccc1Cl)C1CC(C2CC2)NN1. The van der Waals surface area contributed by atoms with Crippen LogP contribution in [0.25, 0.3) is 0 Å². The van der Waals surface area contributed by atoms with E-state index in [1.54, 1.807) is 18.2 Å². The maximum atomic E-state index is 12.0. The molecule has 1 saturated carbocycles. The van der Waals surface area contributed by atoms with Crippen LogP contribution in [0.2, 0.25) is 10.0 Å². The Balaban J connectivity index is 1.55. The van der Waals surface area contributed by atoms with Crippen LogP contribution in [0.4, 0.5) is 0 Å². The van der Waals surface area contributed by atoms with Gasteiger partial charge < -0.3 is 0 Å². The Labute approximate surface area is 133 Å². The smallest absolute Gasteiger partial charge is 0.258 e. The minimum atomic E-state index is -0.255. The van der Waals surface area contributed by atoms with Gasteiger partial charge in [0.1, 0.15) is 6.04 Å². The maximum absolute atomic E-state index is 12.0. The summed E-state index contributed by atoms with van der Waals surface area (Å²) in [6, 6.07) is 5.34.